The Hall–Kier alpha value is -3.71. The number of benzene rings is 2. The standard InChI is InChI=1S/C23H19N3O3S/c1-2-13-24-23(30)21(22(27)18-10-6-12-20(15-18)26(28)29)25-14-7-11-19(16-25)17-8-4-3-5-9-17/h2-12,14-16,21H,1,13H2. The predicted octanol–water partition coefficient (Wildman–Crippen LogP) is 4.10. The molecule has 0 aliphatic heterocycles. The number of Topliss-reactive ketones (excluding diaryl/α,β-unsaturated/α-hetero) is 1. The Kier molecular flexibility index (Phi) is 6.77. The zero-order valence-electron chi connectivity index (χ0n) is 16.0. The van der Waals surface area contributed by atoms with Gasteiger partial charge in [-0.05, 0) is 16.7 Å². The van der Waals surface area contributed by atoms with Crippen molar-refractivity contribution in [3.05, 3.63) is 107 Å². The SMILES string of the molecule is C=CCN=C([S-])C(C(=O)c1cccc([N+](=O)[O-])c1)[n+]1cccc(-c2ccccc2)c1. The number of nitro benzene ring substituents is 1. The second-order valence-electron chi connectivity index (χ2n) is 6.45. The molecule has 0 saturated heterocycles. The molecule has 0 aliphatic carbocycles. The lowest BCUT2D eigenvalue weighted by atomic mass is 10.0. The molecule has 6 nitrogen and oxygen atoms in total. The number of hydrogen-bond donors (Lipinski definition) is 0. The summed E-state index contributed by atoms with van der Waals surface area (Å²) in [6.45, 7) is 3.91. The molecule has 0 spiro atoms. The lowest BCUT2D eigenvalue weighted by Gasteiger charge is -2.19. The first kappa shape index (κ1) is 21.0. The summed E-state index contributed by atoms with van der Waals surface area (Å²) in [6.07, 6.45) is 5.15. The molecular weight excluding hydrogens is 398 g/mol. The van der Waals surface area contributed by atoms with Crippen LogP contribution in [-0.2, 0) is 12.6 Å². The van der Waals surface area contributed by atoms with Crippen LogP contribution in [0.4, 0.5) is 5.69 Å². The summed E-state index contributed by atoms with van der Waals surface area (Å²) in [7, 11) is 0. The topological polar surface area (TPSA) is 76.4 Å². The molecule has 150 valence electrons. The Bertz CT molecular complexity index is 1110. The van der Waals surface area contributed by atoms with Crippen molar-refractivity contribution in [3.63, 3.8) is 0 Å². The van der Waals surface area contributed by atoms with Crippen LogP contribution in [0.3, 0.4) is 0 Å². The second-order valence-corrected chi connectivity index (χ2v) is 6.87. The lowest BCUT2D eigenvalue weighted by Crippen LogP contribution is -2.47. The fourth-order valence-electron chi connectivity index (χ4n) is 3.00. The minimum atomic E-state index is -0.911. The third-order valence-electron chi connectivity index (χ3n) is 4.43. The summed E-state index contributed by atoms with van der Waals surface area (Å²) >= 11 is 5.45. The van der Waals surface area contributed by atoms with Crippen molar-refractivity contribution >= 4 is 29.1 Å². The number of non-ortho nitro benzene ring substituents is 1. The van der Waals surface area contributed by atoms with Gasteiger partial charge in [0.2, 0.25) is 11.8 Å². The molecular formula is C23H19N3O3S. The number of hydrogen-bond acceptors (Lipinski definition) is 5. The van der Waals surface area contributed by atoms with Gasteiger partial charge in [-0.15, -0.1) is 6.58 Å². The van der Waals surface area contributed by atoms with Gasteiger partial charge in [-0.3, -0.25) is 14.9 Å². The average Bonchev–Trinajstić information content (AvgIpc) is 2.78. The van der Waals surface area contributed by atoms with E-state index in [0.29, 0.717) is 0 Å². The Labute approximate surface area is 179 Å². The van der Waals surface area contributed by atoms with E-state index < -0.39 is 11.0 Å². The van der Waals surface area contributed by atoms with E-state index in [9.17, 15) is 14.9 Å². The monoisotopic (exact) mass is 417 g/mol. The maximum absolute atomic E-state index is 13.4. The van der Waals surface area contributed by atoms with Crippen LogP contribution in [-0.4, -0.2) is 22.3 Å². The highest BCUT2D eigenvalue weighted by atomic mass is 32.1. The summed E-state index contributed by atoms with van der Waals surface area (Å²) in [4.78, 5) is 28.2. The van der Waals surface area contributed by atoms with Crippen LogP contribution in [0, 0.1) is 10.1 Å². The molecule has 0 N–H and O–H groups in total. The highest BCUT2D eigenvalue weighted by molar-refractivity contribution is 7.77. The summed E-state index contributed by atoms with van der Waals surface area (Å²) in [5, 5.41) is 11.3. The van der Waals surface area contributed by atoms with Gasteiger partial charge >= 0.3 is 0 Å². The van der Waals surface area contributed by atoms with Crippen LogP contribution in [0.15, 0.2) is 96.8 Å². The Balaban J connectivity index is 2.08. The van der Waals surface area contributed by atoms with E-state index in [-0.39, 0.29) is 28.6 Å². The molecule has 0 saturated carbocycles. The summed E-state index contributed by atoms with van der Waals surface area (Å²) < 4.78 is 1.69. The number of rotatable bonds is 8. The van der Waals surface area contributed by atoms with Gasteiger partial charge in [-0.25, -0.2) is 0 Å². The molecule has 3 aromatic rings. The minimum absolute atomic E-state index is 0.156. The van der Waals surface area contributed by atoms with Crippen molar-refractivity contribution in [1.29, 1.82) is 0 Å². The number of ketones is 1. The van der Waals surface area contributed by atoms with Crippen molar-refractivity contribution in [3.8, 4) is 11.1 Å². The minimum Gasteiger partial charge on any atom is -0.758 e. The Morgan fingerprint density at radius 1 is 1.13 bits per heavy atom. The molecule has 0 aliphatic rings. The third-order valence-corrected chi connectivity index (χ3v) is 4.78. The van der Waals surface area contributed by atoms with E-state index in [0.717, 1.165) is 11.1 Å². The van der Waals surface area contributed by atoms with Gasteiger partial charge in [0, 0.05) is 29.3 Å². The first-order valence-corrected chi connectivity index (χ1v) is 9.59. The zero-order valence-corrected chi connectivity index (χ0v) is 16.9. The molecule has 3 rings (SSSR count). The molecule has 0 bridgehead atoms. The molecule has 1 aromatic heterocycles. The van der Waals surface area contributed by atoms with Crippen molar-refractivity contribution in [2.24, 2.45) is 4.99 Å². The van der Waals surface area contributed by atoms with Gasteiger partial charge in [0.25, 0.3) is 5.69 Å². The Morgan fingerprint density at radius 2 is 1.87 bits per heavy atom. The molecule has 1 atom stereocenters. The van der Waals surface area contributed by atoms with Gasteiger partial charge in [-0.2, -0.15) is 4.57 Å². The van der Waals surface area contributed by atoms with Crippen LogP contribution in [0.25, 0.3) is 11.1 Å². The lowest BCUT2D eigenvalue weighted by molar-refractivity contribution is -0.691. The van der Waals surface area contributed by atoms with E-state index in [1.807, 2.05) is 48.7 Å². The first-order valence-electron chi connectivity index (χ1n) is 9.18. The summed E-state index contributed by atoms with van der Waals surface area (Å²) in [6, 6.07) is 18.2. The number of aliphatic imine (C=N–C) groups is 1. The summed E-state index contributed by atoms with van der Waals surface area (Å²) in [5.74, 6) is -0.369. The zero-order chi connectivity index (χ0) is 21.5. The quantitative estimate of drug-likeness (QED) is 0.0808. The number of nitro groups is 1. The normalized spacial score (nSPS) is 12.2. The first-order chi connectivity index (χ1) is 14.5. The predicted molar refractivity (Wildman–Crippen MR) is 118 cm³/mol. The molecule has 0 fully saturated rings. The van der Waals surface area contributed by atoms with Gasteiger partial charge in [0.05, 0.1) is 11.5 Å². The van der Waals surface area contributed by atoms with Gasteiger partial charge in [0.15, 0.2) is 12.4 Å². The van der Waals surface area contributed by atoms with E-state index in [1.54, 1.807) is 22.9 Å². The van der Waals surface area contributed by atoms with E-state index in [4.69, 9.17) is 12.6 Å². The number of aromatic nitrogens is 1. The number of carbonyl (C=O) groups excluding carboxylic acids is 1. The molecule has 7 heteroatoms. The molecule has 30 heavy (non-hydrogen) atoms. The fourth-order valence-corrected chi connectivity index (χ4v) is 3.30. The van der Waals surface area contributed by atoms with Gasteiger partial charge < -0.3 is 17.6 Å². The van der Waals surface area contributed by atoms with Crippen LogP contribution >= 0.6 is 0 Å². The van der Waals surface area contributed by atoms with Crippen molar-refractivity contribution in [2.75, 3.05) is 6.54 Å². The fraction of sp³-hybridized carbons (Fsp3) is 0.0870. The molecule has 2 aromatic carbocycles. The summed E-state index contributed by atoms with van der Waals surface area (Å²) in [5.41, 5.74) is 1.93. The number of carbonyl (C=O) groups is 1. The smallest absolute Gasteiger partial charge is 0.270 e. The van der Waals surface area contributed by atoms with E-state index in [2.05, 4.69) is 11.6 Å². The largest absolute Gasteiger partial charge is 0.758 e. The van der Waals surface area contributed by atoms with Crippen LogP contribution in [0.1, 0.15) is 16.4 Å². The van der Waals surface area contributed by atoms with E-state index in [1.165, 1.54) is 18.2 Å². The number of pyridine rings is 1. The molecule has 0 radical (unpaired) electrons. The third kappa shape index (κ3) is 4.82. The molecule has 1 unspecified atom stereocenters. The van der Waals surface area contributed by atoms with Crippen LogP contribution < -0.4 is 4.57 Å². The Morgan fingerprint density at radius 3 is 2.57 bits per heavy atom. The maximum Gasteiger partial charge on any atom is 0.270 e. The van der Waals surface area contributed by atoms with E-state index >= 15 is 0 Å². The van der Waals surface area contributed by atoms with Gasteiger partial charge in [-0.1, -0.05) is 48.5 Å². The maximum atomic E-state index is 13.4. The average molecular weight is 417 g/mol. The van der Waals surface area contributed by atoms with Gasteiger partial charge in [0.1, 0.15) is 0 Å². The van der Waals surface area contributed by atoms with Crippen LogP contribution in [0.5, 0.6) is 0 Å². The highest BCUT2D eigenvalue weighted by Crippen LogP contribution is 2.20. The number of nitrogens with zero attached hydrogens (tertiary/aromatic N) is 3. The molecule has 1 heterocycles. The van der Waals surface area contributed by atoms with Crippen molar-refractivity contribution in [1.82, 2.24) is 0 Å². The van der Waals surface area contributed by atoms with Crippen LogP contribution in [0.2, 0.25) is 0 Å². The highest BCUT2D eigenvalue weighted by Gasteiger charge is 2.29. The van der Waals surface area contributed by atoms with Crippen molar-refractivity contribution in [2.45, 2.75) is 6.04 Å². The second kappa shape index (κ2) is 9.67. The molecule has 0 amide bonds. The van der Waals surface area contributed by atoms with Crippen molar-refractivity contribution < 1.29 is 14.3 Å².